The third-order valence-electron chi connectivity index (χ3n) is 9.58. The lowest BCUT2D eigenvalue weighted by Gasteiger charge is -2.17. The smallest absolute Gasteiger partial charge is 0.323 e. The molecule has 0 radical (unpaired) electrons. The Kier molecular flexibility index (Phi) is 12.6. The second kappa shape index (κ2) is 18.8. The van der Waals surface area contributed by atoms with E-state index in [0.717, 1.165) is 33.4 Å². The zero-order valence-corrected chi connectivity index (χ0v) is 31.5. The highest BCUT2D eigenvalue weighted by atomic mass is 16.5. The van der Waals surface area contributed by atoms with Crippen molar-refractivity contribution in [2.75, 3.05) is 0 Å². The van der Waals surface area contributed by atoms with Crippen molar-refractivity contribution in [1.29, 1.82) is 0 Å². The molecule has 0 heterocycles. The Morgan fingerprint density at radius 3 is 1.00 bits per heavy atom. The molecule has 0 saturated heterocycles. The zero-order valence-electron chi connectivity index (χ0n) is 31.5. The van der Waals surface area contributed by atoms with Crippen LogP contribution < -0.4 is 20.1 Å². The van der Waals surface area contributed by atoms with E-state index < -0.39 is 23.8 Å². The molecule has 0 aliphatic heterocycles. The van der Waals surface area contributed by atoms with Crippen LogP contribution >= 0.6 is 0 Å². The molecule has 0 aliphatic carbocycles. The van der Waals surface area contributed by atoms with Gasteiger partial charge in [0.2, 0.25) is 0 Å². The summed E-state index contributed by atoms with van der Waals surface area (Å²) < 4.78 is 11.6. The second-order valence-electron chi connectivity index (χ2n) is 13.6. The Bertz CT molecular complexity index is 2210. The van der Waals surface area contributed by atoms with Gasteiger partial charge in [-0.1, -0.05) is 152 Å². The number of amides is 2. The Hall–Kier alpha value is -7.58. The van der Waals surface area contributed by atoms with Gasteiger partial charge in [0.05, 0.1) is 0 Å². The van der Waals surface area contributed by atoms with Crippen molar-refractivity contribution in [2.45, 2.75) is 24.9 Å². The van der Waals surface area contributed by atoms with E-state index in [9.17, 15) is 19.2 Å². The first-order valence-electron chi connectivity index (χ1n) is 18.9. The summed E-state index contributed by atoms with van der Waals surface area (Å²) in [5.41, 5.74) is 5.62. The number of hydrogen-bond acceptors (Lipinski definition) is 6. The SMILES string of the molecule is O=C(NCc1ccc(OC(=O)C(c2ccccc2)c2ccccc2)cc1)c1cccc(C(=O)NCc2ccc(OC(=O)C(c3ccccc3)c3ccccc3)cc2)c1. The molecule has 58 heavy (non-hydrogen) atoms. The van der Waals surface area contributed by atoms with Gasteiger partial charge in [-0.2, -0.15) is 0 Å². The largest absolute Gasteiger partial charge is 0.426 e. The fourth-order valence-corrected chi connectivity index (χ4v) is 6.58. The van der Waals surface area contributed by atoms with Crippen LogP contribution in [0.25, 0.3) is 0 Å². The minimum atomic E-state index is -0.580. The summed E-state index contributed by atoms with van der Waals surface area (Å²) in [5.74, 6) is -1.84. The molecule has 7 aromatic carbocycles. The average molecular weight is 765 g/mol. The van der Waals surface area contributed by atoms with Gasteiger partial charge < -0.3 is 20.1 Å². The third-order valence-corrected chi connectivity index (χ3v) is 9.58. The molecule has 0 saturated carbocycles. The minimum Gasteiger partial charge on any atom is -0.426 e. The van der Waals surface area contributed by atoms with Crippen LogP contribution in [0.5, 0.6) is 11.5 Å². The van der Waals surface area contributed by atoms with Gasteiger partial charge in [-0.3, -0.25) is 19.2 Å². The minimum absolute atomic E-state index is 0.227. The summed E-state index contributed by atoms with van der Waals surface area (Å²) in [6, 6.07) is 58.5. The molecule has 0 spiro atoms. The van der Waals surface area contributed by atoms with Crippen LogP contribution in [0.3, 0.4) is 0 Å². The van der Waals surface area contributed by atoms with E-state index in [-0.39, 0.29) is 24.9 Å². The Labute approximate surface area is 337 Å². The fourth-order valence-electron chi connectivity index (χ4n) is 6.58. The van der Waals surface area contributed by atoms with E-state index >= 15 is 0 Å². The van der Waals surface area contributed by atoms with Crippen LogP contribution in [0.1, 0.15) is 65.9 Å². The van der Waals surface area contributed by atoms with Gasteiger partial charge in [-0.15, -0.1) is 0 Å². The molecule has 2 amide bonds. The number of carbonyl (C=O) groups is 4. The topological polar surface area (TPSA) is 111 Å². The maximum Gasteiger partial charge on any atom is 0.323 e. The van der Waals surface area contributed by atoms with E-state index in [1.165, 1.54) is 0 Å². The summed E-state index contributed by atoms with van der Waals surface area (Å²) in [4.78, 5) is 52.9. The van der Waals surface area contributed by atoms with Crippen LogP contribution in [-0.4, -0.2) is 23.8 Å². The number of esters is 2. The number of hydrogen-bond donors (Lipinski definition) is 2. The molecule has 0 aliphatic rings. The lowest BCUT2D eigenvalue weighted by atomic mass is 9.91. The predicted molar refractivity (Wildman–Crippen MR) is 222 cm³/mol. The van der Waals surface area contributed by atoms with E-state index in [4.69, 9.17) is 9.47 Å². The Morgan fingerprint density at radius 1 is 0.379 bits per heavy atom. The predicted octanol–water partition coefficient (Wildman–Crippen LogP) is 9.02. The first-order valence-corrected chi connectivity index (χ1v) is 18.9. The fraction of sp³-hybridized carbons (Fsp3) is 0.0800. The van der Waals surface area contributed by atoms with Crippen molar-refractivity contribution in [3.8, 4) is 11.5 Å². The number of carbonyl (C=O) groups excluding carboxylic acids is 4. The van der Waals surface area contributed by atoms with Gasteiger partial charge in [0, 0.05) is 24.2 Å². The van der Waals surface area contributed by atoms with Gasteiger partial charge in [-0.05, 0) is 75.8 Å². The molecule has 0 atom stereocenters. The summed E-state index contributed by atoms with van der Waals surface area (Å²) in [5, 5.41) is 5.78. The normalized spacial score (nSPS) is 10.8. The quantitative estimate of drug-likeness (QED) is 0.0845. The van der Waals surface area contributed by atoms with Crippen molar-refractivity contribution in [3.05, 3.63) is 239 Å². The average Bonchev–Trinajstić information content (AvgIpc) is 3.27. The molecule has 7 rings (SSSR count). The van der Waals surface area contributed by atoms with Crippen LogP contribution in [-0.2, 0) is 22.7 Å². The van der Waals surface area contributed by atoms with E-state index in [2.05, 4.69) is 10.6 Å². The number of nitrogens with one attached hydrogen (secondary N) is 2. The van der Waals surface area contributed by atoms with Gasteiger partial charge in [0.25, 0.3) is 11.8 Å². The molecule has 0 aromatic heterocycles. The number of ether oxygens (including phenoxy) is 2. The van der Waals surface area contributed by atoms with E-state index in [1.54, 1.807) is 72.8 Å². The van der Waals surface area contributed by atoms with Crippen LogP contribution in [0.4, 0.5) is 0 Å². The monoisotopic (exact) mass is 764 g/mol. The van der Waals surface area contributed by atoms with Crippen molar-refractivity contribution in [3.63, 3.8) is 0 Å². The van der Waals surface area contributed by atoms with Crippen molar-refractivity contribution < 1.29 is 28.7 Å². The highest BCUT2D eigenvalue weighted by molar-refractivity contribution is 5.99. The summed E-state index contributed by atoms with van der Waals surface area (Å²) in [6.45, 7) is 0.454. The zero-order chi connectivity index (χ0) is 40.1. The standard InChI is InChI=1S/C50H40N2O6/c53-47(51-33-35-24-28-43(29-25-35)57-49(55)45(37-14-5-1-6-15-37)38-16-7-2-8-17-38)41-22-13-23-42(32-41)48(54)52-34-36-26-30-44(31-27-36)58-50(56)46(39-18-9-3-10-19-39)40-20-11-4-12-21-40/h1-32,45-46H,33-34H2,(H,51,53)(H,52,54). The van der Waals surface area contributed by atoms with Gasteiger partial charge >= 0.3 is 11.9 Å². The number of benzene rings is 7. The Balaban J connectivity index is 0.899. The highest BCUT2D eigenvalue weighted by Crippen LogP contribution is 2.29. The first kappa shape index (κ1) is 38.7. The highest BCUT2D eigenvalue weighted by Gasteiger charge is 2.26. The molecular weight excluding hydrogens is 725 g/mol. The molecule has 8 heteroatoms. The summed E-state index contributed by atoms with van der Waals surface area (Å²) >= 11 is 0. The molecule has 2 N–H and O–H groups in total. The molecular formula is C50H40N2O6. The van der Waals surface area contributed by atoms with Crippen LogP contribution in [0, 0.1) is 0 Å². The first-order chi connectivity index (χ1) is 28.4. The van der Waals surface area contributed by atoms with E-state index in [0.29, 0.717) is 22.6 Å². The molecule has 0 unspecified atom stereocenters. The third kappa shape index (κ3) is 9.99. The van der Waals surface area contributed by atoms with E-state index in [1.807, 2.05) is 121 Å². The molecule has 286 valence electrons. The van der Waals surface area contributed by atoms with Gasteiger partial charge in [-0.25, -0.2) is 0 Å². The van der Waals surface area contributed by atoms with Crippen molar-refractivity contribution in [1.82, 2.24) is 10.6 Å². The molecule has 8 nitrogen and oxygen atoms in total. The summed E-state index contributed by atoms with van der Waals surface area (Å²) in [6.07, 6.45) is 0. The van der Waals surface area contributed by atoms with Crippen LogP contribution in [0.2, 0.25) is 0 Å². The summed E-state index contributed by atoms with van der Waals surface area (Å²) in [7, 11) is 0. The lowest BCUT2D eigenvalue weighted by molar-refractivity contribution is -0.136. The van der Waals surface area contributed by atoms with Gasteiger partial charge in [0.1, 0.15) is 23.3 Å². The maximum atomic E-state index is 13.4. The number of rotatable bonds is 14. The molecule has 0 fully saturated rings. The Morgan fingerprint density at radius 2 is 0.690 bits per heavy atom. The second-order valence-corrected chi connectivity index (χ2v) is 13.6. The van der Waals surface area contributed by atoms with Crippen molar-refractivity contribution in [2.24, 2.45) is 0 Å². The maximum absolute atomic E-state index is 13.4. The van der Waals surface area contributed by atoms with Crippen molar-refractivity contribution >= 4 is 23.8 Å². The van der Waals surface area contributed by atoms with Gasteiger partial charge in [0.15, 0.2) is 0 Å². The van der Waals surface area contributed by atoms with Crippen LogP contribution in [0.15, 0.2) is 194 Å². The lowest BCUT2D eigenvalue weighted by Crippen LogP contribution is -2.25. The molecule has 0 bridgehead atoms. The molecule has 7 aromatic rings.